The third-order valence-corrected chi connectivity index (χ3v) is 4.88. The van der Waals surface area contributed by atoms with Crippen LogP contribution in [0.4, 0.5) is 5.69 Å². The predicted molar refractivity (Wildman–Crippen MR) is 131 cm³/mol. The van der Waals surface area contributed by atoms with Crippen molar-refractivity contribution in [2.75, 3.05) is 13.2 Å². The molecule has 0 aliphatic rings. The lowest BCUT2D eigenvalue weighted by Crippen LogP contribution is -2.24. The maximum absolute atomic E-state index is 12.5. The van der Waals surface area contributed by atoms with Gasteiger partial charge in [0, 0.05) is 22.2 Å². The Kier molecular flexibility index (Phi) is 8.90. The van der Waals surface area contributed by atoms with E-state index >= 15 is 0 Å². The number of carbonyl (C=O) groups excluding carboxylic acids is 2. The average Bonchev–Trinajstić information content (AvgIpc) is 2.85. The second-order valence-corrected chi connectivity index (χ2v) is 7.78. The van der Waals surface area contributed by atoms with Crippen LogP contribution in [0.5, 0.6) is 17.2 Å². The first-order valence-electron chi connectivity index (χ1n) is 10.3. The molecule has 1 N–H and O–H groups in total. The lowest BCUT2D eigenvalue weighted by Gasteiger charge is -2.09. The summed E-state index contributed by atoms with van der Waals surface area (Å²) in [4.78, 5) is 34.7. The third-order valence-electron chi connectivity index (χ3n) is 4.39. The van der Waals surface area contributed by atoms with Gasteiger partial charge in [0.15, 0.2) is 6.61 Å². The first-order chi connectivity index (χ1) is 16.9. The summed E-state index contributed by atoms with van der Waals surface area (Å²) in [6, 6.07) is 16.9. The first kappa shape index (κ1) is 25.4. The predicted octanol–water partition coefficient (Wildman–Crippen LogP) is 4.50. The minimum atomic E-state index is -0.564. The number of hydrogen-bond acceptors (Lipinski definition) is 8. The van der Waals surface area contributed by atoms with Crippen molar-refractivity contribution in [3.05, 3.63) is 92.4 Å². The Bertz CT molecular complexity index is 1230. The minimum Gasteiger partial charge on any atom is -0.494 e. The van der Waals surface area contributed by atoms with Gasteiger partial charge in [-0.3, -0.25) is 14.9 Å². The molecular formula is C24H20BrN3O7. The number of amides is 1. The number of non-ortho nitro benzene ring substituents is 1. The van der Waals surface area contributed by atoms with E-state index < -0.39 is 16.8 Å². The van der Waals surface area contributed by atoms with Crippen LogP contribution in [0, 0.1) is 10.1 Å². The molecule has 3 aromatic carbocycles. The summed E-state index contributed by atoms with van der Waals surface area (Å²) in [6.45, 7) is 2.03. The van der Waals surface area contributed by atoms with E-state index in [1.165, 1.54) is 30.5 Å². The number of ether oxygens (including phenoxy) is 3. The lowest BCUT2D eigenvalue weighted by atomic mass is 10.2. The molecule has 10 nitrogen and oxygen atoms in total. The Balaban J connectivity index is 1.58. The Labute approximate surface area is 208 Å². The van der Waals surface area contributed by atoms with E-state index in [0.29, 0.717) is 33.7 Å². The molecule has 0 aliphatic carbocycles. The standard InChI is InChI=1S/C24H20BrN3O7/c1-2-33-20-8-3-16(4-9-20)24(30)35-22-12-5-18(25)13-17(22)14-26-27-23(29)15-34-21-10-6-19(7-11-21)28(31)32/h3-14H,2,15H2,1H3,(H,27,29)/b26-14-. The lowest BCUT2D eigenvalue weighted by molar-refractivity contribution is -0.384. The van der Waals surface area contributed by atoms with Crippen LogP contribution in [0.3, 0.4) is 0 Å². The van der Waals surface area contributed by atoms with E-state index in [1.807, 2.05) is 6.92 Å². The van der Waals surface area contributed by atoms with Crippen LogP contribution in [0.25, 0.3) is 0 Å². The van der Waals surface area contributed by atoms with E-state index in [2.05, 4.69) is 26.5 Å². The topological polar surface area (TPSA) is 129 Å². The molecule has 0 radical (unpaired) electrons. The van der Waals surface area contributed by atoms with Gasteiger partial charge in [0.2, 0.25) is 0 Å². The van der Waals surface area contributed by atoms with Crippen molar-refractivity contribution in [2.45, 2.75) is 6.92 Å². The van der Waals surface area contributed by atoms with Gasteiger partial charge in [-0.05, 0) is 61.5 Å². The number of carbonyl (C=O) groups is 2. The number of esters is 1. The van der Waals surface area contributed by atoms with Crippen molar-refractivity contribution in [2.24, 2.45) is 5.10 Å². The van der Waals surface area contributed by atoms with Crippen LogP contribution in [0.15, 0.2) is 76.3 Å². The van der Waals surface area contributed by atoms with Crippen molar-refractivity contribution in [1.82, 2.24) is 5.43 Å². The van der Waals surface area contributed by atoms with E-state index in [9.17, 15) is 19.7 Å². The Hall–Kier alpha value is -4.25. The number of benzene rings is 3. The largest absolute Gasteiger partial charge is 0.494 e. The Morgan fingerprint density at radius 1 is 1.03 bits per heavy atom. The molecule has 0 saturated heterocycles. The highest BCUT2D eigenvalue weighted by Gasteiger charge is 2.12. The summed E-state index contributed by atoms with van der Waals surface area (Å²) >= 11 is 3.35. The summed E-state index contributed by atoms with van der Waals surface area (Å²) < 4.78 is 16.9. The van der Waals surface area contributed by atoms with Gasteiger partial charge in [0.1, 0.15) is 17.2 Å². The molecule has 1 amide bonds. The molecule has 0 saturated carbocycles. The van der Waals surface area contributed by atoms with Crippen LogP contribution in [-0.4, -0.2) is 36.2 Å². The molecule has 0 bridgehead atoms. The van der Waals surface area contributed by atoms with Crippen LogP contribution >= 0.6 is 15.9 Å². The van der Waals surface area contributed by atoms with Gasteiger partial charge in [-0.25, -0.2) is 10.2 Å². The van der Waals surface area contributed by atoms with Gasteiger partial charge in [-0.2, -0.15) is 5.10 Å². The fraction of sp³-hybridized carbons (Fsp3) is 0.125. The molecule has 0 unspecified atom stereocenters. The maximum atomic E-state index is 12.5. The number of nitrogens with one attached hydrogen (secondary N) is 1. The van der Waals surface area contributed by atoms with Crippen LogP contribution in [0.2, 0.25) is 0 Å². The number of hydrazone groups is 1. The molecule has 180 valence electrons. The quantitative estimate of drug-likeness (QED) is 0.131. The van der Waals surface area contributed by atoms with Gasteiger partial charge in [0.05, 0.1) is 23.3 Å². The average molecular weight is 542 g/mol. The SMILES string of the molecule is CCOc1ccc(C(=O)Oc2ccc(Br)cc2/C=N\NC(=O)COc2ccc([N+](=O)[O-])cc2)cc1. The van der Waals surface area contributed by atoms with E-state index in [0.717, 1.165) is 0 Å². The molecule has 0 heterocycles. The smallest absolute Gasteiger partial charge is 0.343 e. The summed E-state index contributed by atoms with van der Waals surface area (Å²) in [7, 11) is 0. The molecule has 11 heteroatoms. The highest BCUT2D eigenvalue weighted by Crippen LogP contribution is 2.23. The summed E-state index contributed by atoms with van der Waals surface area (Å²) in [5.74, 6) is 0.0688. The fourth-order valence-corrected chi connectivity index (χ4v) is 3.12. The van der Waals surface area contributed by atoms with Crippen LogP contribution < -0.4 is 19.6 Å². The molecule has 35 heavy (non-hydrogen) atoms. The number of hydrogen-bond donors (Lipinski definition) is 1. The Morgan fingerprint density at radius 3 is 2.34 bits per heavy atom. The van der Waals surface area contributed by atoms with Crippen molar-refractivity contribution in [3.8, 4) is 17.2 Å². The molecule has 0 atom stereocenters. The summed E-state index contributed by atoms with van der Waals surface area (Å²) in [5, 5.41) is 14.6. The molecule has 3 aromatic rings. The van der Waals surface area contributed by atoms with Crippen molar-refractivity contribution >= 4 is 39.7 Å². The van der Waals surface area contributed by atoms with Crippen molar-refractivity contribution in [1.29, 1.82) is 0 Å². The normalized spacial score (nSPS) is 10.6. The second kappa shape index (κ2) is 12.3. The van der Waals surface area contributed by atoms with Crippen molar-refractivity contribution < 1.29 is 28.7 Å². The zero-order chi connectivity index (χ0) is 25.2. The second-order valence-electron chi connectivity index (χ2n) is 6.86. The summed E-state index contributed by atoms with van der Waals surface area (Å²) in [6.07, 6.45) is 1.33. The number of nitro groups is 1. The van der Waals surface area contributed by atoms with Crippen molar-refractivity contribution in [3.63, 3.8) is 0 Å². The van der Waals surface area contributed by atoms with Gasteiger partial charge in [0.25, 0.3) is 11.6 Å². The number of nitrogens with zero attached hydrogens (tertiary/aromatic N) is 2. The van der Waals surface area contributed by atoms with E-state index in [1.54, 1.807) is 42.5 Å². The summed E-state index contributed by atoms with van der Waals surface area (Å²) in [5.41, 5.74) is 3.01. The number of nitro benzene ring substituents is 1. The van der Waals surface area contributed by atoms with Gasteiger partial charge >= 0.3 is 5.97 Å². The van der Waals surface area contributed by atoms with Gasteiger partial charge in [-0.15, -0.1) is 0 Å². The molecule has 0 aliphatic heterocycles. The highest BCUT2D eigenvalue weighted by molar-refractivity contribution is 9.10. The van der Waals surface area contributed by atoms with E-state index in [4.69, 9.17) is 14.2 Å². The molecule has 0 fully saturated rings. The van der Waals surface area contributed by atoms with Crippen LogP contribution in [-0.2, 0) is 4.79 Å². The zero-order valence-electron chi connectivity index (χ0n) is 18.5. The molecule has 0 aromatic heterocycles. The van der Waals surface area contributed by atoms with E-state index in [-0.39, 0.29) is 18.0 Å². The minimum absolute atomic E-state index is 0.0838. The Morgan fingerprint density at radius 2 is 1.69 bits per heavy atom. The first-order valence-corrected chi connectivity index (χ1v) is 11.1. The molecule has 3 rings (SSSR count). The fourth-order valence-electron chi connectivity index (χ4n) is 2.74. The third kappa shape index (κ3) is 7.64. The number of halogens is 1. The van der Waals surface area contributed by atoms with Gasteiger partial charge in [-0.1, -0.05) is 15.9 Å². The van der Waals surface area contributed by atoms with Gasteiger partial charge < -0.3 is 14.2 Å². The maximum Gasteiger partial charge on any atom is 0.343 e. The molecular weight excluding hydrogens is 522 g/mol. The number of rotatable bonds is 10. The zero-order valence-corrected chi connectivity index (χ0v) is 20.1. The van der Waals surface area contributed by atoms with Crippen LogP contribution in [0.1, 0.15) is 22.8 Å². The molecule has 0 spiro atoms. The highest BCUT2D eigenvalue weighted by atomic mass is 79.9. The monoisotopic (exact) mass is 541 g/mol.